The molecule has 5 nitrogen and oxygen atoms in total. The lowest BCUT2D eigenvalue weighted by Gasteiger charge is -2.17. The minimum atomic E-state index is -0.435. The Bertz CT molecular complexity index is 801. The van der Waals surface area contributed by atoms with Gasteiger partial charge in [0.05, 0.1) is 22.9 Å². The molecule has 0 saturated carbocycles. The number of hydrogen-bond acceptors (Lipinski definition) is 4. The van der Waals surface area contributed by atoms with Gasteiger partial charge in [0.25, 0.3) is 11.8 Å². The number of hydrogen-bond donors (Lipinski definition) is 1. The summed E-state index contributed by atoms with van der Waals surface area (Å²) in [5, 5.41) is 19.0. The van der Waals surface area contributed by atoms with Gasteiger partial charge in [0.2, 0.25) is 0 Å². The summed E-state index contributed by atoms with van der Waals surface area (Å²) in [4.78, 5) is 26.0. The van der Waals surface area contributed by atoms with Crippen LogP contribution in [-0.4, -0.2) is 16.9 Å². The number of amides is 2. The molecule has 1 heterocycles. The van der Waals surface area contributed by atoms with Gasteiger partial charge in [-0.05, 0) is 36.6 Å². The molecule has 114 valence electrons. The number of benzene rings is 2. The molecule has 0 unspecified atom stereocenters. The number of phenols is 1. The van der Waals surface area contributed by atoms with Crippen molar-refractivity contribution >= 4 is 17.5 Å². The lowest BCUT2D eigenvalue weighted by molar-refractivity contribution is 0.0925. The van der Waals surface area contributed by atoms with Gasteiger partial charge in [0.15, 0.2) is 0 Å². The number of fused-ring (bicyclic) bond motifs is 1. The molecule has 1 aliphatic rings. The molecule has 1 aliphatic heterocycles. The van der Waals surface area contributed by atoms with E-state index in [1.54, 1.807) is 42.5 Å². The van der Waals surface area contributed by atoms with Crippen molar-refractivity contribution in [1.82, 2.24) is 0 Å². The molecular formula is C18H14N2O3. The van der Waals surface area contributed by atoms with Gasteiger partial charge in [-0.1, -0.05) is 24.3 Å². The lowest BCUT2D eigenvalue weighted by atomic mass is 10.1. The molecular weight excluding hydrogens is 292 g/mol. The molecule has 0 radical (unpaired) electrons. The van der Waals surface area contributed by atoms with Gasteiger partial charge in [-0.2, -0.15) is 5.26 Å². The zero-order valence-electron chi connectivity index (χ0n) is 12.3. The summed E-state index contributed by atoms with van der Waals surface area (Å²) in [5.41, 5.74) is 1.48. The molecule has 0 aromatic heterocycles. The highest BCUT2D eigenvalue weighted by Gasteiger charge is 2.37. The summed E-state index contributed by atoms with van der Waals surface area (Å²) >= 11 is 0. The topological polar surface area (TPSA) is 81.4 Å². The molecule has 0 aliphatic carbocycles. The molecule has 2 amide bonds. The highest BCUT2D eigenvalue weighted by Crippen LogP contribution is 2.36. The van der Waals surface area contributed by atoms with Crippen LogP contribution in [0, 0.1) is 11.3 Å². The molecule has 23 heavy (non-hydrogen) atoms. The Morgan fingerprint density at radius 3 is 2.26 bits per heavy atom. The van der Waals surface area contributed by atoms with E-state index in [9.17, 15) is 14.7 Å². The van der Waals surface area contributed by atoms with Gasteiger partial charge in [-0.25, -0.2) is 4.90 Å². The van der Waals surface area contributed by atoms with Crippen molar-refractivity contribution in [2.45, 2.75) is 19.3 Å². The first-order chi connectivity index (χ1) is 11.1. The fourth-order valence-corrected chi connectivity index (χ4v) is 2.73. The molecule has 3 rings (SSSR count). The maximum Gasteiger partial charge on any atom is 0.266 e. The number of carbonyl (C=O) groups excluding carboxylic acids is 2. The summed E-state index contributed by atoms with van der Waals surface area (Å²) in [7, 11) is 0. The Morgan fingerprint density at radius 1 is 1.00 bits per heavy atom. The average Bonchev–Trinajstić information content (AvgIpc) is 2.82. The van der Waals surface area contributed by atoms with Crippen LogP contribution in [0.2, 0.25) is 0 Å². The maximum absolute atomic E-state index is 12.5. The maximum atomic E-state index is 12.5. The van der Waals surface area contributed by atoms with E-state index in [0.29, 0.717) is 36.0 Å². The van der Waals surface area contributed by atoms with Crippen molar-refractivity contribution in [1.29, 1.82) is 5.26 Å². The second-order valence-corrected chi connectivity index (χ2v) is 5.29. The molecule has 0 fully saturated rings. The van der Waals surface area contributed by atoms with E-state index in [0.717, 1.165) is 4.90 Å². The zero-order chi connectivity index (χ0) is 16.4. The predicted octanol–water partition coefficient (Wildman–Crippen LogP) is 3.04. The SMILES string of the molecule is N#CCCCc1cccc(N2C(=O)c3ccccc3C2=O)c1O. The predicted molar refractivity (Wildman–Crippen MR) is 84.2 cm³/mol. The number of nitrogens with zero attached hydrogens (tertiary/aromatic N) is 2. The first kappa shape index (κ1) is 14.8. The molecule has 0 bridgehead atoms. The molecule has 2 aromatic carbocycles. The highest BCUT2D eigenvalue weighted by atomic mass is 16.3. The minimum Gasteiger partial charge on any atom is -0.505 e. The quantitative estimate of drug-likeness (QED) is 0.695. The first-order valence-electron chi connectivity index (χ1n) is 7.30. The minimum absolute atomic E-state index is 0.0834. The normalized spacial score (nSPS) is 13.1. The van der Waals surface area contributed by atoms with E-state index < -0.39 is 11.8 Å². The monoisotopic (exact) mass is 306 g/mol. The summed E-state index contributed by atoms with van der Waals surface area (Å²) in [6.45, 7) is 0. The number of aromatic hydroxyl groups is 1. The van der Waals surface area contributed by atoms with Crippen LogP contribution in [0.1, 0.15) is 39.1 Å². The number of unbranched alkanes of at least 4 members (excludes halogenated alkanes) is 1. The number of carbonyl (C=O) groups is 2. The Labute approximate surface area is 133 Å². The van der Waals surface area contributed by atoms with Crippen molar-refractivity contribution in [2.24, 2.45) is 0 Å². The van der Waals surface area contributed by atoms with Crippen LogP contribution in [0.3, 0.4) is 0 Å². The molecule has 2 aromatic rings. The van der Waals surface area contributed by atoms with Crippen molar-refractivity contribution in [3.8, 4) is 11.8 Å². The van der Waals surface area contributed by atoms with Crippen molar-refractivity contribution < 1.29 is 14.7 Å². The standard InChI is InChI=1S/C18H14N2O3/c19-11-4-3-6-12-7-5-10-15(16(12)21)20-17(22)13-8-1-2-9-14(13)18(20)23/h1-2,5,7-10,21H,3-4,6H2. The molecule has 0 saturated heterocycles. The Hall–Kier alpha value is -3.13. The van der Waals surface area contributed by atoms with Crippen LogP contribution in [-0.2, 0) is 6.42 Å². The number of anilines is 1. The second-order valence-electron chi connectivity index (χ2n) is 5.29. The van der Waals surface area contributed by atoms with Crippen LogP contribution in [0.4, 0.5) is 5.69 Å². The average molecular weight is 306 g/mol. The Balaban J connectivity index is 1.98. The molecule has 0 spiro atoms. The van der Waals surface area contributed by atoms with Crippen LogP contribution in [0.15, 0.2) is 42.5 Å². The fourth-order valence-electron chi connectivity index (χ4n) is 2.73. The Kier molecular flexibility index (Phi) is 3.82. The summed E-state index contributed by atoms with van der Waals surface area (Å²) in [6, 6.07) is 13.6. The highest BCUT2D eigenvalue weighted by molar-refractivity contribution is 6.34. The number of nitriles is 1. The third-order valence-electron chi connectivity index (χ3n) is 3.87. The molecule has 0 atom stereocenters. The number of imide groups is 1. The van der Waals surface area contributed by atoms with Crippen molar-refractivity contribution in [2.75, 3.05) is 4.90 Å². The summed E-state index contributed by atoms with van der Waals surface area (Å²) in [6.07, 6.45) is 1.50. The van der Waals surface area contributed by atoms with E-state index in [2.05, 4.69) is 6.07 Å². The van der Waals surface area contributed by atoms with E-state index in [1.165, 1.54) is 0 Å². The van der Waals surface area contributed by atoms with Crippen molar-refractivity contribution in [3.63, 3.8) is 0 Å². The van der Waals surface area contributed by atoms with E-state index >= 15 is 0 Å². The van der Waals surface area contributed by atoms with E-state index in [4.69, 9.17) is 5.26 Å². The lowest BCUT2D eigenvalue weighted by Crippen LogP contribution is -2.29. The van der Waals surface area contributed by atoms with Crippen LogP contribution < -0.4 is 4.90 Å². The van der Waals surface area contributed by atoms with Crippen LogP contribution in [0.25, 0.3) is 0 Å². The van der Waals surface area contributed by atoms with Gasteiger partial charge in [0.1, 0.15) is 5.75 Å². The number of rotatable bonds is 4. The third-order valence-corrected chi connectivity index (χ3v) is 3.87. The van der Waals surface area contributed by atoms with Crippen molar-refractivity contribution in [3.05, 3.63) is 59.2 Å². The molecule has 1 N–H and O–H groups in total. The number of aryl methyl sites for hydroxylation is 1. The van der Waals surface area contributed by atoms with Gasteiger partial charge in [-0.3, -0.25) is 9.59 Å². The fraction of sp³-hybridized carbons (Fsp3) is 0.167. The van der Waals surface area contributed by atoms with Crippen LogP contribution >= 0.6 is 0 Å². The Morgan fingerprint density at radius 2 is 1.65 bits per heavy atom. The molecule has 5 heteroatoms. The van der Waals surface area contributed by atoms with E-state index in [-0.39, 0.29) is 11.4 Å². The first-order valence-corrected chi connectivity index (χ1v) is 7.30. The third kappa shape index (κ3) is 2.44. The number of phenolic OH excluding ortho intramolecular Hbond substituents is 1. The number of para-hydroxylation sites is 1. The van der Waals surface area contributed by atoms with Gasteiger partial charge in [0, 0.05) is 6.42 Å². The second kappa shape index (κ2) is 5.93. The van der Waals surface area contributed by atoms with Gasteiger partial charge < -0.3 is 5.11 Å². The zero-order valence-corrected chi connectivity index (χ0v) is 12.3. The van der Waals surface area contributed by atoms with Gasteiger partial charge in [-0.15, -0.1) is 0 Å². The van der Waals surface area contributed by atoms with Gasteiger partial charge >= 0.3 is 0 Å². The largest absolute Gasteiger partial charge is 0.505 e. The van der Waals surface area contributed by atoms with Crippen LogP contribution in [0.5, 0.6) is 5.75 Å². The smallest absolute Gasteiger partial charge is 0.266 e. The summed E-state index contributed by atoms with van der Waals surface area (Å²) in [5.74, 6) is -0.954. The van der Waals surface area contributed by atoms with E-state index in [1.807, 2.05) is 0 Å². The summed E-state index contributed by atoms with van der Waals surface area (Å²) < 4.78 is 0.